The number of likely N-dealkylation sites (tertiary alicyclic amines) is 1. The van der Waals surface area contributed by atoms with Crippen molar-refractivity contribution in [2.24, 2.45) is 0 Å². The van der Waals surface area contributed by atoms with Crippen molar-refractivity contribution in [3.8, 4) is 5.75 Å². The Labute approximate surface area is 126 Å². The van der Waals surface area contributed by atoms with Gasteiger partial charge in [-0.1, -0.05) is 12.1 Å². The lowest BCUT2D eigenvalue weighted by molar-refractivity contribution is 0.0783. The van der Waals surface area contributed by atoms with E-state index < -0.39 is 0 Å². The third-order valence-electron chi connectivity index (χ3n) is 4.73. The number of ether oxygens (including phenoxy) is 1. The number of carbonyl (C=O) groups excluding carboxylic acids is 1. The number of rotatable bonds is 4. The largest absolute Gasteiger partial charge is 0.497 e. The standard InChI is InChI=1S/C17H24N2O2/c1-21-15-5-2-4-13(12-15)17(20)16-6-3-11-19(16)14-7-9-18-10-8-14/h2,4-5,12,14,16,18H,3,6-11H2,1H3. The molecule has 0 bridgehead atoms. The number of methoxy groups -OCH3 is 1. The summed E-state index contributed by atoms with van der Waals surface area (Å²) < 4.78 is 5.24. The van der Waals surface area contributed by atoms with Gasteiger partial charge in [-0.15, -0.1) is 0 Å². The van der Waals surface area contributed by atoms with Gasteiger partial charge in [0, 0.05) is 11.6 Å². The van der Waals surface area contributed by atoms with Crippen LogP contribution in [0, 0.1) is 0 Å². The van der Waals surface area contributed by atoms with E-state index in [-0.39, 0.29) is 11.8 Å². The lowest BCUT2D eigenvalue weighted by Crippen LogP contribution is -2.47. The summed E-state index contributed by atoms with van der Waals surface area (Å²) in [6.45, 7) is 3.20. The molecule has 4 heteroatoms. The quantitative estimate of drug-likeness (QED) is 0.862. The van der Waals surface area contributed by atoms with E-state index in [1.165, 1.54) is 0 Å². The molecule has 0 amide bonds. The molecule has 3 rings (SSSR count). The van der Waals surface area contributed by atoms with Crippen molar-refractivity contribution in [3.05, 3.63) is 29.8 Å². The maximum Gasteiger partial charge on any atom is 0.180 e. The number of Topliss-reactive ketones (excluding diaryl/α,β-unsaturated/α-hetero) is 1. The molecule has 114 valence electrons. The van der Waals surface area contributed by atoms with Crippen molar-refractivity contribution in [3.63, 3.8) is 0 Å². The highest BCUT2D eigenvalue weighted by Gasteiger charge is 2.36. The summed E-state index contributed by atoms with van der Waals surface area (Å²) in [6, 6.07) is 8.17. The van der Waals surface area contributed by atoms with Crippen LogP contribution in [0.5, 0.6) is 5.75 Å². The predicted octanol–water partition coefficient (Wildman–Crippen LogP) is 2.09. The zero-order valence-electron chi connectivity index (χ0n) is 12.7. The van der Waals surface area contributed by atoms with Gasteiger partial charge in [0.15, 0.2) is 5.78 Å². The van der Waals surface area contributed by atoms with Gasteiger partial charge in [-0.3, -0.25) is 9.69 Å². The van der Waals surface area contributed by atoms with Crippen molar-refractivity contribution >= 4 is 5.78 Å². The van der Waals surface area contributed by atoms with E-state index in [9.17, 15) is 4.79 Å². The Kier molecular flexibility index (Phi) is 4.56. The third-order valence-corrected chi connectivity index (χ3v) is 4.73. The second-order valence-electron chi connectivity index (χ2n) is 5.97. The molecule has 0 radical (unpaired) electrons. The topological polar surface area (TPSA) is 41.6 Å². The molecule has 1 atom stereocenters. The van der Waals surface area contributed by atoms with E-state index >= 15 is 0 Å². The van der Waals surface area contributed by atoms with E-state index in [1.807, 2.05) is 24.3 Å². The van der Waals surface area contributed by atoms with Crippen LogP contribution in [0.25, 0.3) is 0 Å². The van der Waals surface area contributed by atoms with Crippen LogP contribution in [-0.4, -0.2) is 49.5 Å². The minimum Gasteiger partial charge on any atom is -0.497 e. The van der Waals surface area contributed by atoms with Crippen molar-refractivity contribution in [2.45, 2.75) is 37.8 Å². The smallest absolute Gasteiger partial charge is 0.180 e. The first-order valence-electron chi connectivity index (χ1n) is 7.94. The fourth-order valence-electron chi connectivity index (χ4n) is 3.61. The average molecular weight is 288 g/mol. The minimum absolute atomic E-state index is 0.0557. The van der Waals surface area contributed by atoms with Gasteiger partial charge in [0.2, 0.25) is 0 Å². The molecule has 1 N–H and O–H groups in total. The monoisotopic (exact) mass is 288 g/mol. The molecule has 1 unspecified atom stereocenters. The summed E-state index contributed by atoms with van der Waals surface area (Å²) in [5.41, 5.74) is 0.778. The molecule has 0 saturated carbocycles. The molecule has 2 heterocycles. The summed E-state index contributed by atoms with van der Waals surface area (Å²) >= 11 is 0. The second kappa shape index (κ2) is 6.58. The zero-order valence-corrected chi connectivity index (χ0v) is 12.7. The van der Waals surface area contributed by atoms with Gasteiger partial charge in [0.25, 0.3) is 0 Å². The summed E-state index contributed by atoms with van der Waals surface area (Å²) in [5, 5.41) is 3.40. The van der Waals surface area contributed by atoms with Crippen LogP contribution in [0.2, 0.25) is 0 Å². The lowest BCUT2D eigenvalue weighted by atomic mass is 9.98. The Balaban J connectivity index is 1.75. The number of ketones is 1. The first-order chi connectivity index (χ1) is 10.3. The third kappa shape index (κ3) is 3.11. The van der Waals surface area contributed by atoms with Crippen LogP contribution in [-0.2, 0) is 0 Å². The summed E-state index contributed by atoms with van der Waals surface area (Å²) in [7, 11) is 1.64. The number of nitrogens with zero attached hydrogens (tertiary/aromatic N) is 1. The van der Waals surface area contributed by atoms with Gasteiger partial charge in [-0.05, 0) is 57.5 Å². The first kappa shape index (κ1) is 14.5. The Morgan fingerprint density at radius 2 is 2.10 bits per heavy atom. The Morgan fingerprint density at radius 1 is 1.29 bits per heavy atom. The van der Waals surface area contributed by atoms with E-state index in [0.717, 1.165) is 56.6 Å². The molecule has 0 aliphatic carbocycles. The van der Waals surface area contributed by atoms with E-state index in [2.05, 4.69) is 10.2 Å². The fraction of sp³-hybridized carbons (Fsp3) is 0.588. The SMILES string of the molecule is COc1cccc(C(=O)C2CCCN2C2CCNCC2)c1. The van der Waals surface area contributed by atoms with Crippen molar-refractivity contribution in [2.75, 3.05) is 26.7 Å². The Morgan fingerprint density at radius 3 is 2.86 bits per heavy atom. The van der Waals surface area contributed by atoms with Gasteiger partial charge in [0.05, 0.1) is 13.2 Å². The number of piperidine rings is 1. The maximum atomic E-state index is 12.9. The lowest BCUT2D eigenvalue weighted by Gasteiger charge is -2.35. The minimum atomic E-state index is 0.0557. The molecule has 2 fully saturated rings. The summed E-state index contributed by atoms with van der Waals surface area (Å²) in [4.78, 5) is 15.3. The summed E-state index contributed by atoms with van der Waals surface area (Å²) in [6.07, 6.45) is 4.42. The van der Waals surface area contributed by atoms with Crippen molar-refractivity contribution < 1.29 is 9.53 Å². The van der Waals surface area contributed by atoms with Crippen molar-refractivity contribution in [1.29, 1.82) is 0 Å². The first-order valence-corrected chi connectivity index (χ1v) is 7.94. The molecule has 4 nitrogen and oxygen atoms in total. The number of hydrogen-bond donors (Lipinski definition) is 1. The number of nitrogens with one attached hydrogen (secondary N) is 1. The number of carbonyl (C=O) groups is 1. The van der Waals surface area contributed by atoms with Crippen LogP contribution < -0.4 is 10.1 Å². The molecular formula is C17H24N2O2. The van der Waals surface area contributed by atoms with Gasteiger partial charge in [0.1, 0.15) is 5.75 Å². The van der Waals surface area contributed by atoms with E-state index in [1.54, 1.807) is 7.11 Å². The summed E-state index contributed by atoms with van der Waals surface area (Å²) in [5.74, 6) is 1.01. The van der Waals surface area contributed by atoms with E-state index in [4.69, 9.17) is 4.74 Å². The normalized spacial score (nSPS) is 24.1. The Bertz CT molecular complexity index is 497. The molecule has 2 aliphatic heterocycles. The number of hydrogen-bond acceptors (Lipinski definition) is 4. The maximum absolute atomic E-state index is 12.9. The van der Waals surface area contributed by atoms with Crippen LogP contribution in [0.3, 0.4) is 0 Å². The highest BCUT2D eigenvalue weighted by molar-refractivity contribution is 6.00. The van der Waals surface area contributed by atoms with Gasteiger partial charge in [-0.2, -0.15) is 0 Å². The molecule has 21 heavy (non-hydrogen) atoms. The molecule has 0 aromatic heterocycles. The highest BCUT2D eigenvalue weighted by atomic mass is 16.5. The van der Waals surface area contributed by atoms with Gasteiger partial charge in [-0.25, -0.2) is 0 Å². The zero-order chi connectivity index (χ0) is 14.7. The fourth-order valence-corrected chi connectivity index (χ4v) is 3.61. The highest BCUT2D eigenvalue weighted by Crippen LogP contribution is 2.27. The van der Waals surface area contributed by atoms with E-state index in [0.29, 0.717) is 6.04 Å². The molecule has 2 saturated heterocycles. The molecule has 0 spiro atoms. The Hall–Kier alpha value is -1.39. The van der Waals surface area contributed by atoms with Gasteiger partial charge < -0.3 is 10.1 Å². The molecule has 1 aromatic rings. The molecule has 2 aliphatic rings. The van der Waals surface area contributed by atoms with Crippen LogP contribution in [0.15, 0.2) is 24.3 Å². The molecular weight excluding hydrogens is 264 g/mol. The van der Waals surface area contributed by atoms with Gasteiger partial charge >= 0.3 is 0 Å². The second-order valence-corrected chi connectivity index (χ2v) is 5.97. The predicted molar refractivity (Wildman–Crippen MR) is 82.9 cm³/mol. The number of benzene rings is 1. The van der Waals surface area contributed by atoms with Crippen LogP contribution >= 0.6 is 0 Å². The van der Waals surface area contributed by atoms with Crippen LogP contribution in [0.1, 0.15) is 36.0 Å². The van der Waals surface area contributed by atoms with Crippen molar-refractivity contribution in [1.82, 2.24) is 10.2 Å². The van der Waals surface area contributed by atoms with Crippen LogP contribution in [0.4, 0.5) is 0 Å². The average Bonchev–Trinajstić information content (AvgIpc) is 3.04. The molecule has 1 aromatic carbocycles.